The predicted molar refractivity (Wildman–Crippen MR) is 82.3 cm³/mol. The number of hydrogen-bond acceptors (Lipinski definition) is 4. The summed E-state index contributed by atoms with van der Waals surface area (Å²) in [5.41, 5.74) is 1.53. The minimum Gasteiger partial charge on any atom is -0.423 e. The van der Waals surface area contributed by atoms with Crippen LogP contribution in [0.25, 0.3) is 0 Å². The Morgan fingerprint density at radius 3 is 2.19 bits per heavy atom. The lowest BCUT2D eigenvalue weighted by Crippen LogP contribution is -2.18. The number of carbonyl (C=O) groups is 1. The van der Waals surface area contributed by atoms with Crippen molar-refractivity contribution in [1.82, 2.24) is 0 Å². The number of benzene rings is 1. The molecular formula is C17H24O4. The van der Waals surface area contributed by atoms with Crippen molar-refractivity contribution in [2.24, 2.45) is 0 Å². The van der Waals surface area contributed by atoms with Crippen LogP contribution < -0.4 is 4.74 Å². The first-order valence-corrected chi connectivity index (χ1v) is 7.26. The van der Waals surface area contributed by atoms with E-state index in [0.29, 0.717) is 24.5 Å². The number of esters is 1. The zero-order valence-corrected chi connectivity index (χ0v) is 13.1. The van der Waals surface area contributed by atoms with Gasteiger partial charge in [0.1, 0.15) is 5.75 Å². The first-order chi connectivity index (χ1) is 10.1. The number of aryl methyl sites for hydroxylation is 1. The summed E-state index contributed by atoms with van der Waals surface area (Å²) in [4.78, 5) is 11.4. The summed E-state index contributed by atoms with van der Waals surface area (Å²) in [6.45, 7) is 10.4. The molecular weight excluding hydrogens is 268 g/mol. The van der Waals surface area contributed by atoms with Crippen LogP contribution in [-0.4, -0.2) is 25.5 Å². The van der Waals surface area contributed by atoms with Gasteiger partial charge in [0.05, 0.1) is 0 Å². The van der Waals surface area contributed by atoms with E-state index in [1.54, 1.807) is 19.1 Å². The molecule has 0 unspecified atom stereocenters. The van der Waals surface area contributed by atoms with Crippen LogP contribution in [0.15, 0.2) is 36.4 Å². The molecule has 1 aromatic carbocycles. The van der Waals surface area contributed by atoms with Gasteiger partial charge < -0.3 is 14.2 Å². The second-order valence-electron chi connectivity index (χ2n) is 4.69. The molecule has 1 rings (SSSR count). The van der Waals surface area contributed by atoms with Crippen LogP contribution in [0, 0.1) is 0 Å². The minimum absolute atomic E-state index is 0.166. The Kier molecular flexibility index (Phi) is 7.72. The zero-order chi connectivity index (χ0) is 15.7. The molecule has 0 heterocycles. The standard InChI is InChI=1S/C17H24O4/c1-5-19-16(20-6-2)12-9-14-7-10-15(11-8-14)21-17(18)13(3)4/h7-8,10-11,16H,3,5-6,9,12H2,1-2,4H3. The van der Waals surface area contributed by atoms with Crippen LogP contribution >= 0.6 is 0 Å². The SMILES string of the molecule is C=C(C)C(=O)Oc1ccc(CCC(OCC)OCC)cc1. The average Bonchev–Trinajstić information content (AvgIpc) is 2.46. The fourth-order valence-electron chi connectivity index (χ4n) is 1.79. The number of hydrogen-bond donors (Lipinski definition) is 0. The lowest BCUT2D eigenvalue weighted by molar-refractivity contribution is -0.139. The second kappa shape index (κ2) is 9.32. The maximum absolute atomic E-state index is 11.4. The van der Waals surface area contributed by atoms with Crippen molar-refractivity contribution in [1.29, 1.82) is 0 Å². The topological polar surface area (TPSA) is 44.8 Å². The van der Waals surface area contributed by atoms with E-state index in [9.17, 15) is 4.79 Å². The van der Waals surface area contributed by atoms with E-state index in [4.69, 9.17) is 14.2 Å². The molecule has 0 aromatic heterocycles. The number of rotatable bonds is 9. The van der Waals surface area contributed by atoms with Crippen molar-refractivity contribution in [2.45, 2.75) is 39.9 Å². The molecule has 0 aliphatic carbocycles. The molecule has 4 heteroatoms. The summed E-state index contributed by atoms with van der Waals surface area (Å²) in [6, 6.07) is 7.45. The van der Waals surface area contributed by atoms with E-state index in [1.807, 2.05) is 26.0 Å². The second-order valence-corrected chi connectivity index (χ2v) is 4.69. The third-order valence-corrected chi connectivity index (χ3v) is 2.86. The molecule has 116 valence electrons. The van der Waals surface area contributed by atoms with Crippen molar-refractivity contribution in [3.63, 3.8) is 0 Å². The summed E-state index contributed by atoms with van der Waals surface area (Å²) < 4.78 is 16.2. The fourth-order valence-corrected chi connectivity index (χ4v) is 1.79. The van der Waals surface area contributed by atoms with Crippen LogP contribution in [0.4, 0.5) is 0 Å². The molecule has 0 aliphatic heterocycles. The molecule has 0 radical (unpaired) electrons. The van der Waals surface area contributed by atoms with Crippen LogP contribution in [0.1, 0.15) is 32.8 Å². The maximum Gasteiger partial charge on any atom is 0.338 e. The van der Waals surface area contributed by atoms with Crippen molar-refractivity contribution < 1.29 is 19.0 Å². The lowest BCUT2D eigenvalue weighted by Gasteiger charge is -2.16. The highest BCUT2D eigenvalue weighted by molar-refractivity contribution is 5.88. The van der Waals surface area contributed by atoms with Gasteiger partial charge in [0, 0.05) is 25.2 Å². The Morgan fingerprint density at radius 2 is 1.71 bits per heavy atom. The van der Waals surface area contributed by atoms with Crippen LogP contribution in [-0.2, 0) is 20.7 Å². The highest BCUT2D eigenvalue weighted by atomic mass is 16.7. The molecule has 0 atom stereocenters. The molecule has 21 heavy (non-hydrogen) atoms. The lowest BCUT2D eigenvalue weighted by atomic mass is 10.1. The molecule has 0 N–H and O–H groups in total. The first-order valence-electron chi connectivity index (χ1n) is 7.26. The summed E-state index contributed by atoms with van der Waals surface area (Å²) in [7, 11) is 0. The summed E-state index contributed by atoms with van der Waals surface area (Å²) >= 11 is 0. The molecule has 1 aromatic rings. The van der Waals surface area contributed by atoms with Gasteiger partial charge in [-0.25, -0.2) is 4.79 Å². The molecule has 0 fully saturated rings. The number of carbonyl (C=O) groups excluding carboxylic acids is 1. The van der Waals surface area contributed by atoms with E-state index in [2.05, 4.69) is 6.58 Å². The molecule has 0 bridgehead atoms. The van der Waals surface area contributed by atoms with Gasteiger partial charge in [-0.2, -0.15) is 0 Å². The Hall–Kier alpha value is -1.65. The first kappa shape index (κ1) is 17.4. The van der Waals surface area contributed by atoms with Gasteiger partial charge in [0.15, 0.2) is 6.29 Å². The van der Waals surface area contributed by atoms with Crippen molar-refractivity contribution in [3.05, 3.63) is 42.0 Å². The van der Waals surface area contributed by atoms with Crippen LogP contribution in [0.3, 0.4) is 0 Å². The molecule has 0 saturated heterocycles. The van der Waals surface area contributed by atoms with Gasteiger partial charge in [-0.1, -0.05) is 18.7 Å². The number of ether oxygens (including phenoxy) is 3. The van der Waals surface area contributed by atoms with Gasteiger partial charge in [-0.15, -0.1) is 0 Å². The summed E-state index contributed by atoms with van der Waals surface area (Å²) in [6.07, 6.45) is 1.48. The Labute approximate surface area is 126 Å². The van der Waals surface area contributed by atoms with E-state index in [-0.39, 0.29) is 6.29 Å². The van der Waals surface area contributed by atoms with Crippen molar-refractivity contribution in [2.75, 3.05) is 13.2 Å². The van der Waals surface area contributed by atoms with Gasteiger partial charge in [0.25, 0.3) is 0 Å². The van der Waals surface area contributed by atoms with Gasteiger partial charge in [-0.05, 0) is 44.9 Å². The Balaban J connectivity index is 2.50. The van der Waals surface area contributed by atoms with Gasteiger partial charge in [-0.3, -0.25) is 0 Å². The van der Waals surface area contributed by atoms with E-state index in [0.717, 1.165) is 18.4 Å². The van der Waals surface area contributed by atoms with Crippen LogP contribution in [0.5, 0.6) is 5.75 Å². The normalized spacial score (nSPS) is 10.7. The smallest absolute Gasteiger partial charge is 0.338 e. The minimum atomic E-state index is -0.407. The summed E-state index contributed by atoms with van der Waals surface area (Å²) in [5, 5.41) is 0. The Bertz CT molecular complexity index is 444. The largest absolute Gasteiger partial charge is 0.423 e. The molecule has 0 aliphatic rings. The van der Waals surface area contributed by atoms with Crippen molar-refractivity contribution >= 4 is 5.97 Å². The maximum atomic E-state index is 11.4. The fraction of sp³-hybridized carbons (Fsp3) is 0.471. The third-order valence-electron chi connectivity index (χ3n) is 2.86. The molecule has 0 saturated carbocycles. The van der Waals surface area contributed by atoms with Crippen molar-refractivity contribution in [3.8, 4) is 5.75 Å². The molecule has 0 amide bonds. The van der Waals surface area contributed by atoms with E-state index in [1.165, 1.54) is 0 Å². The highest BCUT2D eigenvalue weighted by Gasteiger charge is 2.09. The van der Waals surface area contributed by atoms with E-state index >= 15 is 0 Å². The zero-order valence-electron chi connectivity index (χ0n) is 13.1. The van der Waals surface area contributed by atoms with Crippen LogP contribution in [0.2, 0.25) is 0 Å². The average molecular weight is 292 g/mol. The molecule has 4 nitrogen and oxygen atoms in total. The van der Waals surface area contributed by atoms with Gasteiger partial charge in [0.2, 0.25) is 0 Å². The monoisotopic (exact) mass is 292 g/mol. The Morgan fingerprint density at radius 1 is 1.14 bits per heavy atom. The molecule has 0 spiro atoms. The van der Waals surface area contributed by atoms with E-state index < -0.39 is 5.97 Å². The highest BCUT2D eigenvalue weighted by Crippen LogP contribution is 2.16. The third kappa shape index (κ3) is 6.56. The van der Waals surface area contributed by atoms with Gasteiger partial charge >= 0.3 is 5.97 Å². The quantitative estimate of drug-likeness (QED) is 0.302. The predicted octanol–water partition coefficient (Wildman–Crippen LogP) is 3.50. The summed E-state index contributed by atoms with van der Waals surface area (Å²) in [5.74, 6) is 0.119.